The van der Waals surface area contributed by atoms with Crippen LogP contribution in [0.25, 0.3) is 0 Å². The van der Waals surface area contributed by atoms with Crippen LogP contribution in [0.3, 0.4) is 0 Å². The quantitative estimate of drug-likeness (QED) is 0.792. The van der Waals surface area contributed by atoms with E-state index in [1.165, 1.54) is 18.2 Å². The van der Waals surface area contributed by atoms with E-state index < -0.39 is 24.3 Å². The molecule has 0 heterocycles. The third kappa shape index (κ3) is 5.72. The summed E-state index contributed by atoms with van der Waals surface area (Å²) in [6.07, 6.45) is 0.0293. The van der Waals surface area contributed by atoms with E-state index in [2.05, 4.69) is 5.32 Å². The fraction of sp³-hybridized carbons (Fsp3) is 0.222. The molecule has 5 nitrogen and oxygen atoms in total. The highest BCUT2D eigenvalue weighted by Gasteiger charge is 2.09. The number of benzene rings is 2. The predicted molar refractivity (Wildman–Crippen MR) is 87.3 cm³/mol. The Morgan fingerprint density at radius 1 is 1.12 bits per heavy atom. The van der Waals surface area contributed by atoms with Crippen LogP contribution in [0.5, 0.6) is 5.75 Å². The Labute approximate surface area is 139 Å². The molecule has 126 valence electrons. The second-order valence-electron chi connectivity index (χ2n) is 5.08. The average molecular weight is 331 g/mol. The Hall–Kier alpha value is -2.89. The second-order valence-corrected chi connectivity index (χ2v) is 5.08. The van der Waals surface area contributed by atoms with Gasteiger partial charge in [-0.1, -0.05) is 24.3 Å². The molecule has 0 aromatic heterocycles. The molecule has 24 heavy (non-hydrogen) atoms. The van der Waals surface area contributed by atoms with Crippen LogP contribution in [-0.2, 0) is 14.3 Å². The minimum Gasteiger partial charge on any atom is -0.493 e. The molecule has 0 radical (unpaired) electrons. The number of hydrogen-bond acceptors (Lipinski definition) is 4. The lowest BCUT2D eigenvalue weighted by molar-refractivity contribution is -0.147. The van der Waals surface area contributed by atoms with Crippen LogP contribution in [-0.4, -0.2) is 25.1 Å². The Morgan fingerprint density at radius 2 is 1.92 bits per heavy atom. The molecule has 0 saturated heterocycles. The SMILES string of the molecule is Cc1ccccc1OCCC(=O)OCC(=O)Nc1cccc(F)c1. The van der Waals surface area contributed by atoms with Gasteiger partial charge in [-0.15, -0.1) is 0 Å². The fourth-order valence-corrected chi connectivity index (χ4v) is 1.94. The van der Waals surface area contributed by atoms with Crippen LogP contribution in [0.4, 0.5) is 10.1 Å². The van der Waals surface area contributed by atoms with Crippen LogP contribution in [0.1, 0.15) is 12.0 Å². The summed E-state index contributed by atoms with van der Waals surface area (Å²) in [6, 6.07) is 12.9. The number of amides is 1. The molecule has 1 amide bonds. The van der Waals surface area contributed by atoms with Crippen LogP contribution >= 0.6 is 0 Å². The van der Waals surface area contributed by atoms with E-state index in [4.69, 9.17) is 9.47 Å². The normalized spacial score (nSPS) is 10.1. The third-order valence-electron chi connectivity index (χ3n) is 3.13. The van der Waals surface area contributed by atoms with Crippen LogP contribution < -0.4 is 10.1 Å². The first kappa shape index (κ1) is 17.5. The molecule has 2 aromatic rings. The Kier molecular flexibility index (Phi) is 6.31. The number of ether oxygens (including phenoxy) is 2. The van der Waals surface area contributed by atoms with Crippen molar-refractivity contribution >= 4 is 17.6 Å². The van der Waals surface area contributed by atoms with Crippen molar-refractivity contribution < 1.29 is 23.5 Å². The number of carbonyl (C=O) groups is 2. The Balaban J connectivity index is 1.67. The summed E-state index contributed by atoms with van der Waals surface area (Å²) in [7, 11) is 0. The average Bonchev–Trinajstić information content (AvgIpc) is 2.55. The zero-order valence-corrected chi connectivity index (χ0v) is 13.3. The largest absolute Gasteiger partial charge is 0.493 e. The smallest absolute Gasteiger partial charge is 0.309 e. The van der Waals surface area contributed by atoms with E-state index in [1.807, 2.05) is 31.2 Å². The van der Waals surface area contributed by atoms with E-state index in [1.54, 1.807) is 6.07 Å². The van der Waals surface area contributed by atoms with E-state index in [0.29, 0.717) is 11.4 Å². The molecule has 0 atom stereocenters. The molecule has 2 rings (SSSR count). The lowest BCUT2D eigenvalue weighted by atomic mass is 10.2. The molecule has 1 N–H and O–H groups in total. The van der Waals surface area contributed by atoms with Gasteiger partial charge in [-0.3, -0.25) is 9.59 Å². The topological polar surface area (TPSA) is 64.6 Å². The molecule has 0 unspecified atom stereocenters. The Morgan fingerprint density at radius 3 is 2.67 bits per heavy atom. The van der Waals surface area contributed by atoms with Gasteiger partial charge in [-0.25, -0.2) is 4.39 Å². The summed E-state index contributed by atoms with van der Waals surface area (Å²) < 4.78 is 23.3. The Bertz CT molecular complexity index is 718. The molecule has 0 aliphatic carbocycles. The van der Waals surface area contributed by atoms with Crippen molar-refractivity contribution in [3.05, 3.63) is 59.9 Å². The van der Waals surface area contributed by atoms with Crippen molar-refractivity contribution in [1.82, 2.24) is 0 Å². The number of nitrogens with one attached hydrogen (secondary N) is 1. The van der Waals surface area contributed by atoms with Gasteiger partial charge in [0.05, 0.1) is 13.0 Å². The van der Waals surface area contributed by atoms with Gasteiger partial charge in [-0.05, 0) is 36.8 Å². The number of halogens is 1. The van der Waals surface area contributed by atoms with E-state index in [-0.39, 0.29) is 13.0 Å². The fourth-order valence-electron chi connectivity index (χ4n) is 1.94. The van der Waals surface area contributed by atoms with E-state index >= 15 is 0 Å². The first-order valence-corrected chi connectivity index (χ1v) is 7.44. The van der Waals surface area contributed by atoms with Gasteiger partial charge in [0, 0.05) is 5.69 Å². The maximum absolute atomic E-state index is 13.0. The minimum absolute atomic E-state index is 0.0293. The standard InChI is InChI=1S/C18H18FNO4/c1-13-5-2-3-8-16(13)23-10-9-18(22)24-12-17(21)20-15-7-4-6-14(19)11-15/h2-8,11H,9-10,12H2,1H3,(H,20,21). The van der Waals surface area contributed by atoms with Gasteiger partial charge in [0.25, 0.3) is 5.91 Å². The maximum Gasteiger partial charge on any atom is 0.309 e. The number of hydrogen-bond donors (Lipinski definition) is 1. The van der Waals surface area contributed by atoms with Gasteiger partial charge in [-0.2, -0.15) is 0 Å². The van der Waals surface area contributed by atoms with Crippen molar-refractivity contribution in [3.8, 4) is 5.75 Å². The first-order chi connectivity index (χ1) is 11.5. The summed E-state index contributed by atoms with van der Waals surface area (Å²) in [4.78, 5) is 23.2. The molecule has 0 saturated carbocycles. The molecule has 0 spiro atoms. The number of rotatable bonds is 7. The number of carbonyl (C=O) groups excluding carboxylic acids is 2. The first-order valence-electron chi connectivity index (χ1n) is 7.44. The van der Waals surface area contributed by atoms with E-state index in [9.17, 15) is 14.0 Å². The predicted octanol–water partition coefficient (Wildman–Crippen LogP) is 3.08. The van der Waals surface area contributed by atoms with Crippen molar-refractivity contribution in [2.75, 3.05) is 18.5 Å². The molecule has 0 fully saturated rings. The van der Waals surface area contributed by atoms with Crippen molar-refractivity contribution in [2.45, 2.75) is 13.3 Å². The maximum atomic E-state index is 13.0. The number of aryl methyl sites for hydroxylation is 1. The highest BCUT2D eigenvalue weighted by atomic mass is 19.1. The van der Waals surface area contributed by atoms with Crippen LogP contribution in [0.15, 0.2) is 48.5 Å². The van der Waals surface area contributed by atoms with Gasteiger partial charge < -0.3 is 14.8 Å². The van der Waals surface area contributed by atoms with Crippen molar-refractivity contribution in [3.63, 3.8) is 0 Å². The summed E-state index contributed by atoms with van der Waals surface area (Å²) >= 11 is 0. The number of esters is 1. The highest BCUT2D eigenvalue weighted by molar-refractivity contribution is 5.92. The van der Waals surface area contributed by atoms with Gasteiger partial charge in [0.2, 0.25) is 0 Å². The lowest BCUT2D eigenvalue weighted by Crippen LogP contribution is -2.21. The van der Waals surface area contributed by atoms with Gasteiger partial charge in [0.1, 0.15) is 11.6 Å². The third-order valence-corrected chi connectivity index (χ3v) is 3.13. The molecule has 2 aromatic carbocycles. The van der Waals surface area contributed by atoms with E-state index in [0.717, 1.165) is 5.56 Å². The molecule has 0 aliphatic heterocycles. The molecule has 0 bridgehead atoms. The van der Waals surface area contributed by atoms with Crippen LogP contribution in [0.2, 0.25) is 0 Å². The zero-order valence-electron chi connectivity index (χ0n) is 13.3. The molecular formula is C18H18FNO4. The van der Waals surface area contributed by atoms with Gasteiger partial charge >= 0.3 is 5.97 Å². The highest BCUT2D eigenvalue weighted by Crippen LogP contribution is 2.16. The van der Waals surface area contributed by atoms with Gasteiger partial charge in [0.15, 0.2) is 6.61 Å². The summed E-state index contributed by atoms with van der Waals surface area (Å²) in [6.45, 7) is 1.64. The summed E-state index contributed by atoms with van der Waals surface area (Å²) in [5, 5.41) is 2.44. The lowest BCUT2D eigenvalue weighted by Gasteiger charge is -2.09. The monoisotopic (exact) mass is 331 g/mol. The van der Waals surface area contributed by atoms with Crippen molar-refractivity contribution in [2.24, 2.45) is 0 Å². The molecular weight excluding hydrogens is 313 g/mol. The summed E-state index contributed by atoms with van der Waals surface area (Å²) in [5.41, 5.74) is 1.28. The minimum atomic E-state index is -0.544. The molecule has 6 heteroatoms. The number of para-hydroxylation sites is 1. The number of anilines is 1. The summed E-state index contributed by atoms with van der Waals surface area (Å²) in [5.74, 6) is -0.834. The van der Waals surface area contributed by atoms with Crippen molar-refractivity contribution in [1.29, 1.82) is 0 Å². The zero-order chi connectivity index (χ0) is 17.4. The molecule has 0 aliphatic rings. The van der Waals surface area contributed by atoms with Crippen LogP contribution in [0, 0.1) is 12.7 Å². The second kappa shape index (κ2) is 8.67.